The highest BCUT2D eigenvalue weighted by Gasteiger charge is 2.33. The predicted octanol–water partition coefficient (Wildman–Crippen LogP) is 5.61. The number of piperazine rings is 1. The summed E-state index contributed by atoms with van der Waals surface area (Å²) in [6.45, 7) is 12.9. The summed E-state index contributed by atoms with van der Waals surface area (Å²) in [5.74, 6) is 0.156. The van der Waals surface area contributed by atoms with E-state index in [4.69, 9.17) is 21.3 Å². The number of methoxy groups -OCH3 is 1. The number of hydrogen-bond acceptors (Lipinski definition) is 6. The summed E-state index contributed by atoms with van der Waals surface area (Å²) in [7, 11) is 3.21. The molecule has 1 aliphatic heterocycles. The van der Waals surface area contributed by atoms with Gasteiger partial charge in [0.1, 0.15) is 11.7 Å². The first kappa shape index (κ1) is 32.0. The molecule has 0 radical (unpaired) electrons. The van der Waals surface area contributed by atoms with E-state index in [1.165, 1.54) is 17.1 Å². The SMILES string of the molecule is C=CC(=O)N1CCN(C(=NC)c2cc(Cl)c(C3=CC(OC)CC=C3F)nc2N(C=O)c2c(C)ccnc2C(C)C)C(C)C1. The van der Waals surface area contributed by atoms with Crippen molar-refractivity contribution in [3.05, 3.63) is 76.5 Å². The van der Waals surface area contributed by atoms with Gasteiger partial charge in [0.05, 0.1) is 33.8 Å². The molecule has 9 nitrogen and oxygen atoms in total. The van der Waals surface area contributed by atoms with E-state index in [2.05, 4.69) is 21.5 Å². The number of aryl methyl sites for hydroxylation is 1. The number of allylic oxidation sites excluding steroid dienone is 2. The number of pyridine rings is 2. The van der Waals surface area contributed by atoms with Crippen LogP contribution in [0.3, 0.4) is 0 Å². The molecule has 2 aromatic heterocycles. The maximum Gasteiger partial charge on any atom is 0.246 e. The Morgan fingerprint density at radius 2 is 2.09 bits per heavy atom. The Balaban J connectivity index is 1.95. The third-order valence-electron chi connectivity index (χ3n) is 7.77. The molecule has 1 fully saturated rings. The number of carbonyl (C=O) groups excluding carboxylic acids is 2. The number of halogens is 2. The van der Waals surface area contributed by atoms with Crippen LogP contribution in [0.15, 0.2) is 54.0 Å². The van der Waals surface area contributed by atoms with Crippen molar-refractivity contribution in [3.8, 4) is 0 Å². The molecule has 2 aliphatic rings. The molecule has 1 aliphatic carbocycles. The average Bonchev–Trinajstić information content (AvgIpc) is 3.00. The van der Waals surface area contributed by atoms with Crippen LogP contribution in [0.2, 0.25) is 5.02 Å². The Morgan fingerprint density at radius 3 is 2.70 bits per heavy atom. The lowest BCUT2D eigenvalue weighted by atomic mass is 9.99. The van der Waals surface area contributed by atoms with Crippen LogP contribution < -0.4 is 4.90 Å². The Morgan fingerprint density at radius 1 is 1.35 bits per heavy atom. The Bertz CT molecular complexity index is 1500. The minimum atomic E-state index is -0.472. The third kappa shape index (κ3) is 6.40. The zero-order valence-electron chi connectivity index (χ0n) is 25.5. The molecule has 228 valence electrons. The highest BCUT2D eigenvalue weighted by Crippen LogP contribution is 2.40. The average molecular weight is 609 g/mol. The fourth-order valence-corrected chi connectivity index (χ4v) is 5.81. The fraction of sp³-hybridized carbons (Fsp3) is 0.406. The molecule has 43 heavy (non-hydrogen) atoms. The lowest BCUT2D eigenvalue weighted by Gasteiger charge is -2.41. The van der Waals surface area contributed by atoms with Gasteiger partial charge in [-0.1, -0.05) is 32.0 Å². The van der Waals surface area contributed by atoms with Gasteiger partial charge in [-0.25, -0.2) is 9.37 Å². The molecule has 2 amide bonds. The Kier molecular flexibility index (Phi) is 10.1. The van der Waals surface area contributed by atoms with Crippen LogP contribution in [0.25, 0.3) is 5.57 Å². The molecule has 11 heteroatoms. The van der Waals surface area contributed by atoms with Crippen LogP contribution in [0, 0.1) is 6.92 Å². The van der Waals surface area contributed by atoms with Crippen molar-refractivity contribution >= 4 is 46.8 Å². The van der Waals surface area contributed by atoms with Crippen molar-refractivity contribution in [2.45, 2.75) is 52.2 Å². The third-order valence-corrected chi connectivity index (χ3v) is 8.06. The second kappa shape index (κ2) is 13.6. The highest BCUT2D eigenvalue weighted by atomic mass is 35.5. The summed E-state index contributed by atoms with van der Waals surface area (Å²) >= 11 is 6.86. The summed E-state index contributed by atoms with van der Waals surface area (Å²) in [6, 6.07) is 3.38. The molecule has 0 bridgehead atoms. The van der Waals surface area contributed by atoms with Crippen molar-refractivity contribution in [1.82, 2.24) is 19.8 Å². The summed E-state index contributed by atoms with van der Waals surface area (Å²) in [5, 5.41) is 0.192. The highest BCUT2D eigenvalue weighted by molar-refractivity contribution is 6.33. The zero-order valence-corrected chi connectivity index (χ0v) is 26.2. The van der Waals surface area contributed by atoms with Crippen LogP contribution in [0.1, 0.15) is 55.6 Å². The number of aliphatic imine (C=N–C) groups is 1. The van der Waals surface area contributed by atoms with Crippen molar-refractivity contribution in [3.63, 3.8) is 0 Å². The van der Waals surface area contributed by atoms with Crippen LogP contribution in [-0.2, 0) is 14.3 Å². The zero-order chi connectivity index (χ0) is 31.4. The number of carbonyl (C=O) groups is 2. The lowest BCUT2D eigenvalue weighted by molar-refractivity contribution is -0.128. The van der Waals surface area contributed by atoms with E-state index < -0.39 is 5.83 Å². The molecule has 2 atom stereocenters. The van der Waals surface area contributed by atoms with Crippen molar-refractivity contribution in [1.29, 1.82) is 0 Å². The number of amidine groups is 1. The number of nitrogens with zero attached hydrogens (tertiary/aromatic N) is 6. The van der Waals surface area contributed by atoms with E-state index in [1.54, 1.807) is 37.4 Å². The molecular weight excluding hydrogens is 571 g/mol. The number of aromatic nitrogens is 2. The van der Waals surface area contributed by atoms with E-state index in [0.29, 0.717) is 55.2 Å². The number of rotatable bonds is 8. The number of anilines is 2. The van der Waals surface area contributed by atoms with Gasteiger partial charge in [0.25, 0.3) is 0 Å². The summed E-state index contributed by atoms with van der Waals surface area (Å²) < 4.78 is 20.7. The maximum absolute atomic E-state index is 15.3. The first-order valence-corrected chi connectivity index (χ1v) is 14.6. The first-order valence-electron chi connectivity index (χ1n) is 14.2. The second-order valence-corrected chi connectivity index (χ2v) is 11.3. The lowest BCUT2D eigenvalue weighted by Crippen LogP contribution is -2.55. The minimum absolute atomic E-state index is 0.00808. The number of ether oxygens (including phenoxy) is 1. The smallest absolute Gasteiger partial charge is 0.246 e. The maximum atomic E-state index is 15.3. The molecular formula is C32H38ClFN6O3. The minimum Gasteiger partial charge on any atom is -0.377 e. The van der Waals surface area contributed by atoms with Gasteiger partial charge in [-0.3, -0.25) is 24.5 Å². The monoisotopic (exact) mass is 608 g/mol. The summed E-state index contributed by atoms with van der Waals surface area (Å²) in [6.07, 6.45) is 6.83. The van der Waals surface area contributed by atoms with Gasteiger partial charge < -0.3 is 14.5 Å². The fourth-order valence-electron chi connectivity index (χ4n) is 5.56. The van der Waals surface area contributed by atoms with Gasteiger partial charge in [-0.2, -0.15) is 0 Å². The van der Waals surface area contributed by atoms with E-state index in [9.17, 15) is 9.59 Å². The van der Waals surface area contributed by atoms with E-state index >= 15 is 4.39 Å². The van der Waals surface area contributed by atoms with Crippen molar-refractivity contribution < 1.29 is 18.7 Å². The Hall–Kier alpha value is -3.89. The largest absolute Gasteiger partial charge is 0.377 e. The Labute approximate surface area is 257 Å². The topological polar surface area (TPSA) is 91.2 Å². The van der Waals surface area contributed by atoms with Gasteiger partial charge in [-0.15, -0.1) is 0 Å². The van der Waals surface area contributed by atoms with Gasteiger partial charge in [-0.05, 0) is 62.1 Å². The van der Waals surface area contributed by atoms with Crippen molar-refractivity contribution in [2.75, 3.05) is 38.7 Å². The van der Waals surface area contributed by atoms with Gasteiger partial charge >= 0.3 is 0 Å². The number of hydrogen-bond donors (Lipinski definition) is 0. The van der Waals surface area contributed by atoms with Gasteiger partial charge in [0.2, 0.25) is 12.3 Å². The van der Waals surface area contributed by atoms with E-state index in [0.717, 1.165) is 5.56 Å². The molecule has 0 aromatic carbocycles. The molecule has 0 N–H and O–H groups in total. The summed E-state index contributed by atoms with van der Waals surface area (Å²) in [4.78, 5) is 44.7. The van der Waals surface area contributed by atoms with Crippen LogP contribution in [0.5, 0.6) is 0 Å². The molecule has 0 spiro atoms. The summed E-state index contributed by atoms with van der Waals surface area (Å²) in [5.41, 5.74) is 2.97. The molecule has 2 unspecified atom stereocenters. The molecule has 1 saturated heterocycles. The van der Waals surface area contributed by atoms with Gasteiger partial charge in [0, 0.05) is 51.6 Å². The molecule has 3 heterocycles. The quantitative estimate of drug-likeness (QED) is 0.168. The molecule has 0 saturated carbocycles. The van der Waals surface area contributed by atoms with Crippen molar-refractivity contribution in [2.24, 2.45) is 4.99 Å². The van der Waals surface area contributed by atoms with Gasteiger partial charge in [0.15, 0.2) is 5.82 Å². The van der Waals surface area contributed by atoms with E-state index in [1.807, 2.05) is 33.8 Å². The predicted molar refractivity (Wildman–Crippen MR) is 169 cm³/mol. The standard InChI is InChI=1S/C32H38ClFN6O3/c1-8-27(42)38-13-14-39(21(5)17-38)31(35-6)24-16-25(33)29(23-15-22(43-7)9-10-26(23)34)37-32(24)40(18-41)30-20(4)11-12-36-28(30)19(2)3/h8,10-12,15-16,18-19,21-22H,1,9,13-14,17H2,2-7H3. The van der Waals surface area contributed by atoms with Crippen LogP contribution in [-0.4, -0.2) is 83.9 Å². The number of amides is 2. The second-order valence-electron chi connectivity index (χ2n) is 10.9. The first-order chi connectivity index (χ1) is 20.6. The van der Waals surface area contributed by atoms with E-state index in [-0.39, 0.29) is 46.1 Å². The normalized spacial score (nSPS) is 19.2. The van der Waals surface area contributed by atoms with Crippen LogP contribution in [0.4, 0.5) is 15.9 Å². The molecule has 2 aromatic rings. The molecule has 4 rings (SSSR count). The van der Waals surface area contributed by atoms with Crippen LogP contribution >= 0.6 is 11.6 Å².